The molecule has 2 aromatic rings. The molecule has 2 aromatic heterocycles. The summed E-state index contributed by atoms with van der Waals surface area (Å²) in [5, 5.41) is 3.59. The largest absolute Gasteiger partial charge is 0.354 e. The third-order valence-corrected chi connectivity index (χ3v) is 7.89. The van der Waals surface area contributed by atoms with Crippen LogP contribution < -0.4 is 5.32 Å². The molecule has 4 heteroatoms. The maximum Gasteiger partial charge on any atom is 0.0894 e. The van der Waals surface area contributed by atoms with E-state index in [-0.39, 0.29) is 0 Å². The van der Waals surface area contributed by atoms with Crippen molar-refractivity contribution >= 4 is 17.0 Å². The minimum atomic E-state index is 0.881. The van der Waals surface area contributed by atoms with Gasteiger partial charge in [-0.25, -0.2) is 15.0 Å². The van der Waals surface area contributed by atoms with Crippen LogP contribution in [0.5, 0.6) is 0 Å². The maximum atomic E-state index is 5.22. The van der Waals surface area contributed by atoms with Gasteiger partial charge in [-0.1, -0.05) is 45.9 Å². The fourth-order valence-electron chi connectivity index (χ4n) is 6.14. The summed E-state index contributed by atoms with van der Waals surface area (Å²) in [6.07, 6.45) is 15.6. The second-order valence-corrected chi connectivity index (χ2v) is 10.0. The lowest BCUT2D eigenvalue weighted by molar-refractivity contribution is 1.02. The average Bonchev–Trinajstić information content (AvgIpc) is 3.49. The van der Waals surface area contributed by atoms with Crippen molar-refractivity contribution in [2.45, 2.75) is 59.8 Å². The van der Waals surface area contributed by atoms with Gasteiger partial charge in [0.1, 0.15) is 0 Å². The molecular weight excluding hydrogens is 464 g/mol. The highest BCUT2D eigenvalue weighted by atomic mass is 14.9. The number of aromatic nitrogens is 2. The minimum Gasteiger partial charge on any atom is -0.354 e. The number of pyridine rings is 2. The van der Waals surface area contributed by atoms with Crippen LogP contribution in [0.15, 0.2) is 111 Å². The molecule has 0 amide bonds. The molecule has 38 heavy (non-hydrogen) atoms. The molecule has 1 aliphatic carbocycles. The van der Waals surface area contributed by atoms with Gasteiger partial charge in [-0.2, -0.15) is 0 Å². The van der Waals surface area contributed by atoms with Crippen LogP contribution in [0.3, 0.4) is 0 Å². The van der Waals surface area contributed by atoms with Crippen LogP contribution in [0.4, 0.5) is 0 Å². The van der Waals surface area contributed by atoms with Crippen LogP contribution in [0.1, 0.15) is 71.2 Å². The first-order chi connectivity index (χ1) is 18.6. The average molecular weight is 499 g/mol. The van der Waals surface area contributed by atoms with Crippen LogP contribution in [0, 0.1) is 0 Å². The second kappa shape index (κ2) is 10.0. The van der Waals surface area contributed by atoms with Crippen LogP contribution in [-0.2, 0) is 0 Å². The topological polar surface area (TPSA) is 50.2 Å². The summed E-state index contributed by atoms with van der Waals surface area (Å²) in [6.45, 7) is 9.01. The Morgan fingerprint density at radius 1 is 0.711 bits per heavy atom. The van der Waals surface area contributed by atoms with Gasteiger partial charge in [0, 0.05) is 12.1 Å². The molecule has 1 N–H and O–H groups in total. The Labute approximate surface area is 225 Å². The van der Waals surface area contributed by atoms with E-state index in [1.165, 1.54) is 33.4 Å². The van der Waals surface area contributed by atoms with E-state index in [9.17, 15) is 0 Å². The lowest BCUT2D eigenvalue weighted by atomic mass is 9.96. The van der Waals surface area contributed by atoms with E-state index in [1.807, 2.05) is 6.07 Å². The fraction of sp³-hybridized carbons (Fsp3) is 0.265. The molecule has 5 heterocycles. The predicted molar refractivity (Wildman–Crippen MR) is 158 cm³/mol. The lowest BCUT2D eigenvalue weighted by Crippen LogP contribution is -2.15. The van der Waals surface area contributed by atoms with Crippen LogP contribution in [0.25, 0.3) is 22.7 Å². The van der Waals surface area contributed by atoms with Gasteiger partial charge in [0.25, 0.3) is 0 Å². The summed E-state index contributed by atoms with van der Waals surface area (Å²) < 4.78 is 0. The van der Waals surface area contributed by atoms with Gasteiger partial charge in [-0.3, -0.25) is 0 Å². The van der Waals surface area contributed by atoms with Crippen molar-refractivity contribution in [3.05, 3.63) is 117 Å². The first kappa shape index (κ1) is 24.3. The van der Waals surface area contributed by atoms with Crippen molar-refractivity contribution in [1.29, 1.82) is 0 Å². The highest BCUT2D eigenvalue weighted by Crippen LogP contribution is 2.43. The van der Waals surface area contributed by atoms with Gasteiger partial charge in [0.2, 0.25) is 0 Å². The van der Waals surface area contributed by atoms with Crippen molar-refractivity contribution in [3.63, 3.8) is 0 Å². The third kappa shape index (κ3) is 4.14. The zero-order valence-corrected chi connectivity index (χ0v) is 22.7. The monoisotopic (exact) mass is 498 g/mol. The number of aliphatic imine (C=N–C) groups is 1. The molecule has 3 aliphatic heterocycles. The molecule has 4 nitrogen and oxygen atoms in total. The molecule has 0 unspecified atom stereocenters. The molecule has 0 saturated carbocycles. The molecule has 6 rings (SSSR count). The smallest absolute Gasteiger partial charge is 0.0894 e. The van der Waals surface area contributed by atoms with Gasteiger partial charge in [0.15, 0.2) is 0 Å². The van der Waals surface area contributed by atoms with Crippen molar-refractivity contribution in [3.8, 4) is 11.4 Å². The molecular formula is C34H34N4. The molecule has 0 radical (unpaired) electrons. The summed E-state index contributed by atoms with van der Waals surface area (Å²) >= 11 is 0. The first-order valence-electron chi connectivity index (χ1n) is 13.9. The number of hydrogen-bond donors (Lipinski definition) is 1. The molecule has 0 saturated heterocycles. The van der Waals surface area contributed by atoms with E-state index in [1.54, 1.807) is 0 Å². The number of nitrogens with zero attached hydrogens (tertiary/aromatic N) is 3. The number of fused-ring (bicyclic) bond motifs is 12. The fourth-order valence-corrected chi connectivity index (χ4v) is 6.14. The number of allylic oxidation sites excluding steroid dienone is 11. The van der Waals surface area contributed by atoms with Gasteiger partial charge < -0.3 is 5.32 Å². The molecule has 0 spiro atoms. The van der Waals surface area contributed by atoms with Gasteiger partial charge in [0.05, 0.1) is 39.9 Å². The van der Waals surface area contributed by atoms with Crippen molar-refractivity contribution in [2.24, 2.45) is 4.99 Å². The number of rotatable bonds is 4. The van der Waals surface area contributed by atoms with Crippen molar-refractivity contribution in [2.75, 3.05) is 0 Å². The Hall–Kier alpha value is -4.05. The summed E-state index contributed by atoms with van der Waals surface area (Å²) in [5.74, 6) is 0. The Balaban J connectivity index is 1.60. The Bertz CT molecular complexity index is 1580. The Kier molecular flexibility index (Phi) is 6.40. The zero-order valence-electron chi connectivity index (χ0n) is 22.7. The standard InChI is InChI=1S/C34H34N4/c1-5-23-21-18-27(24(23)6-2)28-13-10-15-31(36-28)32-17-11-16-30(37-32)29-14-9-12-22(35-29)20-34-26(8-4)25(7-3)33(19-21)38-34/h9-17,19-20,35H,5-8,18H2,1-4H3. The molecule has 10 bridgehead atoms. The Morgan fingerprint density at radius 2 is 1.37 bits per heavy atom. The maximum absolute atomic E-state index is 5.22. The van der Waals surface area contributed by atoms with E-state index in [0.29, 0.717) is 0 Å². The number of dihydropyridines is 1. The molecule has 4 aliphatic rings. The first-order valence-corrected chi connectivity index (χ1v) is 13.9. The summed E-state index contributed by atoms with van der Waals surface area (Å²) in [7, 11) is 0. The van der Waals surface area contributed by atoms with Crippen molar-refractivity contribution in [1.82, 2.24) is 15.3 Å². The van der Waals surface area contributed by atoms with E-state index in [4.69, 9.17) is 15.0 Å². The highest BCUT2D eigenvalue weighted by molar-refractivity contribution is 6.12. The van der Waals surface area contributed by atoms with E-state index < -0.39 is 0 Å². The summed E-state index contributed by atoms with van der Waals surface area (Å²) in [5.41, 5.74) is 16.2. The van der Waals surface area contributed by atoms with Crippen LogP contribution in [-0.4, -0.2) is 15.7 Å². The van der Waals surface area contributed by atoms with Gasteiger partial charge in [-0.15, -0.1) is 0 Å². The zero-order chi connectivity index (χ0) is 26.2. The van der Waals surface area contributed by atoms with Crippen LogP contribution >= 0.6 is 0 Å². The van der Waals surface area contributed by atoms with Crippen molar-refractivity contribution < 1.29 is 0 Å². The predicted octanol–water partition coefficient (Wildman–Crippen LogP) is 8.27. The van der Waals surface area contributed by atoms with Crippen LogP contribution in [0.2, 0.25) is 0 Å². The summed E-state index contributed by atoms with van der Waals surface area (Å²) in [4.78, 5) is 15.4. The third-order valence-electron chi connectivity index (χ3n) is 7.89. The normalized spacial score (nSPS) is 18.2. The quantitative estimate of drug-likeness (QED) is 0.461. The summed E-state index contributed by atoms with van der Waals surface area (Å²) in [6, 6.07) is 12.5. The second-order valence-electron chi connectivity index (χ2n) is 10.0. The highest BCUT2D eigenvalue weighted by Gasteiger charge is 2.26. The SMILES string of the molecule is CCC1=C2C=C3N=C(C=C4C=CC=C(N4)c4cccc(n4)-c4cccc(n4)C(=C1CC)C2)C(CC)=C3CC. The molecule has 0 atom stereocenters. The molecule has 0 aromatic carbocycles. The number of nitrogens with one attached hydrogen (secondary N) is 1. The number of hydrogen-bond acceptors (Lipinski definition) is 4. The Morgan fingerprint density at radius 3 is 2.08 bits per heavy atom. The van der Waals surface area contributed by atoms with E-state index in [0.717, 1.165) is 77.7 Å². The van der Waals surface area contributed by atoms with E-state index in [2.05, 4.69) is 93.7 Å². The lowest BCUT2D eigenvalue weighted by Gasteiger charge is -2.16. The molecule has 190 valence electrons. The van der Waals surface area contributed by atoms with Gasteiger partial charge >= 0.3 is 0 Å². The molecule has 0 fully saturated rings. The van der Waals surface area contributed by atoms with E-state index >= 15 is 0 Å². The minimum absolute atomic E-state index is 0.881. The van der Waals surface area contributed by atoms with Gasteiger partial charge in [-0.05, 0) is 108 Å².